The Morgan fingerprint density at radius 1 is 1.17 bits per heavy atom. The molecule has 0 aliphatic carbocycles. The van der Waals surface area contributed by atoms with Crippen molar-refractivity contribution in [1.82, 2.24) is 10.2 Å². The van der Waals surface area contributed by atoms with Crippen LogP contribution >= 0.6 is 23.4 Å². The second kappa shape index (κ2) is 10.8. The number of thioether (sulfide) groups is 1. The summed E-state index contributed by atoms with van der Waals surface area (Å²) >= 11 is 7.40. The number of carbonyl (C=O) groups is 2. The Bertz CT molecular complexity index is 886. The van der Waals surface area contributed by atoms with Crippen LogP contribution < -0.4 is 5.32 Å². The maximum atomic E-state index is 13.8. The third-order valence-electron chi connectivity index (χ3n) is 4.35. The van der Waals surface area contributed by atoms with Crippen LogP contribution in [0.5, 0.6) is 0 Å². The molecule has 0 radical (unpaired) electrons. The molecule has 1 unspecified atom stereocenters. The van der Waals surface area contributed by atoms with Crippen molar-refractivity contribution in [2.75, 3.05) is 5.75 Å². The Kier molecular flexibility index (Phi) is 8.74. The van der Waals surface area contributed by atoms with Gasteiger partial charge in [-0.2, -0.15) is 0 Å². The zero-order valence-corrected chi connectivity index (χ0v) is 19.3. The van der Waals surface area contributed by atoms with Crippen LogP contribution in [0.3, 0.4) is 0 Å². The first-order chi connectivity index (χ1) is 14.1. The number of amides is 2. The molecular weight excluding hydrogens is 423 g/mol. The fourth-order valence-corrected chi connectivity index (χ4v) is 3.94. The van der Waals surface area contributed by atoms with Crippen LogP contribution in [0.1, 0.15) is 38.8 Å². The fraction of sp³-hybridized carbons (Fsp3) is 0.391. The molecule has 2 rings (SSSR count). The van der Waals surface area contributed by atoms with E-state index in [0.717, 1.165) is 5.56 Å². The van der Waals surface area contributed by atoms with E-state index in [1.54, 1.807) is 42.2 Å². The van der Waals surface area contributed by atoms with Crippen molar-refractivity contribution < 1.29 is 14.0 Å². The minimum atomic E-state index is -0.662. The lowest BCUT2D eigenvalue weighted by Crippen LogP contribution is -2.52. The number of nitrogens with zero attached hydrogens (tertiary/aromatic N) is 1. The van der Waals surface area contributed by atoms with Crippen molar-refractivity contribution in [3.8, 4) is 0 Å². The molecule has 0 aliphatic heterocycles. The van der Waals surface area contributed by atoms with Crippen molar-refractivity contribution in [3.63, 3.8) is 0 Å². The highest BCUT2D eigenvalue weighted by Gasteiger charge is 2.28. The lowest BCUT2D eigenvalue weighted by Gasteiger charge is -2.31. The predicted molar refractivity (Wildman–Crippen MR) is 122 cm³/mol. The molecule has 162 valence electrons. The van der Waals surface area contributed by atoms with E-state index in [1.165, 1.54) is 17.8 Å². The molecule has 4 nitrogen and oxygen atoms in total. The van der Waals surface area contributed by atoms with Crippen LogP contribution in [0, 0.1) is 5.82 Å². The second-order valence-corrected chi connectivity index (χ2v) is 9.57. The van der Waals surface area contributed by atoms with Crippen molar-refractivity contribution in [2.24, 2.45) is 0 Å². The van der Waals surface area contributed by atoms with Gasteiger partial charge in [-0.3, -0.25) is 9.59 Å². The Hall–Kier alpha value is -2.05. The summed E-state index contributed by atoms with van der Waals surface area (Å²) in [7, 11) is 0. The van der Waals surface area contributed by atoms with Crippen molar-refractivity contribution >= 4 is 35.2 Å². The SMILES string of the molecule is CC(C(=O)NC(C)(C)C)N(Cc1cccc(Cl)c1)C(=O)CSCc1ccccc1F. The minimum Gasteiger partial charge on any atom is -0.350 e. The highest BCUT2D eigenvalue weighted by Crippen LogP contribution is 2.19. The van der Waals surface area contributed by atoms with E-state index in [2.05, 4.69) is 5.32 Å². The van der Waals surface area contributed by atoms with Crippen molar-refractivity contribution in [3.05, 3.63) is 70.5 Å². The molecule has 1 atom stereocenters. The fourth-order valence-electron chi connectivity index (χ4n) is 2.84. The maximum Gasteiger partial charge on any atom is 0.242 e. The van der Waals surface area contributed by atoms with Crippen LogP contribution in [0.25, 0.3) is 0 Å². The average Bonchev–Trinajstić information content (AvgIpc) is 2.65. The van der Waals surface area contributed by atoms with Crippen molar-refractivity contribution in [1.29, 1.82) is 0 Å². The number of nitrogens with one attached hydrogen (secondary N) is 1. The van der Waals surface area contributed by atoms with Gasteiger partial charge in [0, 0.05) is 22.9 Å². The summed E-state index contributed by atoms with van der Waals surface area (Å²) in [4.78, 5) is 27.3. The van der Waals surface area contributed by atoms with E-state index < -0.39 is 11.6 Å². The summed E-state index contributed by atoms with van der Waals surface area (Å²) in [5.41, 5.74) is 0.982. The molecule has 2 aromatic carbocycles. The summed E-state index contributed by atoms with van der Waals surface area (Å²) in [5, 5.41) is 3.50. The van der Waals surface area contributed by atoms with Gasteiger partial charge in [0.15, 0.2) is 0 Å². The average molecular weight is 451 g/mol. The van der Waals surface area contributed by atoms with Gasteiger partial charge in [0.05, 0.1) is 5.75 Å². The lowest BCUT2D eigenvalue weighted by atomic mass is 10.1. The minimum absolute atomic E-state index is 0.141. The van der Waals surface area contributed by atoms with E-state index >= 15 is 0 Å². The van der Waals surface area contributed by atoms with Gasteiger partial charge in [0.2, 0.25) is 11.8 Å². The number of benzene rings is 2. The summed E-state index contributed by atoms with van der Waals surface area (Å²) < 4.78 is 13.8. The third kappa shape index (κ3) is 7.65. The molecule has 0 fully saturated rings. The van der Waals surface area contributed by atoms with Gasteiger partial charge in [-0.05, 0) is 57.0 Å². The number of halogens is 2. The largest absolute Gasteiger partial charge is 0.350 e. The van der Waals surface area contributed by atoms with Crippen LogP contribution in [-0.2, 0) is 21.9 Å². The van der Waals surface area contributed by atoms with Crippen LogP contribution in [0.4, 0.5) is 4.39 Å². The van der Waals surface area contributed by atoms with Gasteiger partial charge >= 0.3 is 0 Å². The second-order valence-electron chi connectivity index (χ2n) is 8.15. The van der Waals surface area contributed by atoms with E-state index in [9.17, 15) is 14.0 Å². The normalized spacial score (nSPS) is 12.3. The summed E-state index contributed by atoms with van der Waals surface area (Å²) in [6, 6.07) is 13.1. The topological polar surface area (TPSA) is 49.4 Å². The first kappa shape index (κ1) is 24.2. The lowest BCUT2D eigenvalue weighted by molar-refractivity contribution is -0.139. The molecular formula is C23H28ClFN2O2S. The van der Waals surface area contributed by atoms with Crippen LogP contribution in [0.2, 0.25) is 5.02 Å². The molecule has 1 N–H and O–H groups in total. The Balaban J connectivity index is 2.11. The molecule has 0 heterocycles. The zero-order valence-electron chi connectivity index (χ0n) is 17.7. The van der Waals surface area contributed by atoms with E-state index in [4.69, 9.17) is 11.6 Å². The first-order valence-corrected chi connectivity index (χ1v) is 11.3. The maximum absolute atomic E-state index is 13.8. The van der Waals surface area contributed by atoms with Gasteiger partial charge in [-0.15, -0.1) is 11.8 Å². The van der Waals surface area contributed by atoms with Gasteiger partial charge in [-0.25, -0.2) is 4.39 Å². The number of hydrogen-bond acceptors (Lipinski definition) is 3. The quantitative estimate of drug-likeness (QED) is 0.612. The molecule has 0 aliphatic rings. The smallest absolute Gasteiger partial charge is 0.242 e. The molecule has 0 bridgehead atoms. The van der Waals surface area contributed by atoms with E-state index in [0.29, 0.717) is 16.3 Å². The molecule has 7 heteroatoms. The predicted octanol–water partition coefficient (Wildman–Crippen LogP) is 5.04. The number of carbonyl (C=O) groups excluding carboxylic acids is 2. The molecule has 0 aromatic heterocycles. The summed E-state index contributed by atoms with van der Waals surface area (Å²) in [6.45, 7) is 7.66. The molecule has 2 aromatic rings. The number of rotatable bonds is 8. The molecule has 0 saturated carbocycles. The van der Waals surface area contributed by atoms with Gasteiger partial charge in [-0.1, -0.05) is 41.9 Å². The molecule has 30 heavy (non-hydrogen) atoms. The third-order valence-corrected chi connectivity index (χ3v) is 5.55. The Morgan fingerprint density at radius 3 is 2.50 bits per heavy atom. The highest BCUT2D eigenvalue weighted by molar-refractivity contribution is 7.99. The van der Waals surface area contributed by atoms with E-state index in [1.807, 2.05) is 32.9 Å². The summed E-state index contributed by atoms with van der Waals surface area (Å²) in [6.07, 6.45) is 0. The molecule has 2 amide bonds. The van der Waals surface area contributed by atoms with Gasteiger partial charge < -0.3 is 10.2 Å². The summed E-state index contributed by atoms with van der Waals surface area (Å²) in [5.74, 6) is -0.176. The van der Waals surface area contributed by atoms with Gasteiger partial charge in [0.1, 0.15) is 11.9 Å². The molecule has 0 spiro atoms. The zero-order chi connectivity index (χ0) is 22.3. The number of hydrogen-bond donors (Lipinski definition) is 1. The van der Waals surface area contributed by atoms with Gasteiger partial charge in [0.25, 0.3) is 0 Å². The Morgan fingerprint density at radius 2 is 1.87 bits per heavy atom. The van der Waals surface area contributed by atoms with Crippen LogP contribution in [-0.4, -0.2) is 34.0 Å². The standard InChI is InChI=1S/C23H28ClFN2O2S/c1-16(22(29)26-23(2,3)4)27(13-17-8-7-10-19(24)12-17)21(28)15-30-14-18-9-5-6-11-20(18)25/h5-12,16H,13-15H2,1-4H3,(H,26,29). The monoisotopic (exact) mass is 450 g/mol. The Labute approximate surface area is 187 Å². The highest BCUT2D eigenvalue weighted by atomic mass is 35.5. The van der Waals surface area contributed by atoms with Crippen LogP contribution in [0.15, 0.2) is 48.5 Å². The first-order valence-electron chi connectivity index (χ1n) is 9.74. The molecule has 0 saturated heterocycles. The van der Waals surface area contributed by atoms with E-state index in [-0.39, 0.29) is 29.9 Å². The van der Waals surface area contributed by atoms with Crippen molar-refractivity contribution in [2.45, 2.75) is 51.6 Å².